The van der Waals surface area contributed by atoms with Crippen LogP contribution in [0.5, 0.6) is 0 Å². The van der Waals surface area contributed by atoms with Crippen molar-refractivity contribution in [3.8, 4) is 0 Å². The number of aryl methyl sites for hydroxylation is 1. The summed E-state index contributed by atoms with van der Waals surface area (Å²) >= 11 is 15.1. The van der Waals surface area contributed by atoms with Gasteiger partial charge in [-0.2, -0.15) is 0 Å². The topological polar surface area (TPSA) is 72.2 Å². The number of carbonyl (C=O) groups excluding carboxylic acids is 2. The summed E-state index contributed by atoms with van der Waals surface area (Å²) in [6.07, 6.45) is 3.85. The van der Waals surface area contributed by atoms with Crippen LogP contribution in [0.2, 0.25) is 10.0 Å². The van der Waals surface area contributed by atoms with Gasteiger partial charge < -0.3 is 11.1 Å². The zero-order chi connectivity index (χ0) is 18.4. The highest BCUT2D eigenvalue weighted by Gasteiger charge is 2.26. The molecule has 2 amide bonds. The molecule has 0 bridgehead atoms. The molecule has 0 fully saturated rings. The predicted molar refractivity (Wildman–Crippen MR) is 109 cm³/mol. The minimum atomic E-state index is -0.506. The van der Waals surface area contributed by atoms with Crippen molar-refractivity contribution in [2.75, 3.05) is 5.32 Å². The van der Waals surface area contributed by atoms with E-state index in [1.165, 1.54) is 22.7 Å². The fourth-order valence-electron chi connectivity index (χ4n) is 3.26. The van der Waals surface area contributed by atoms with Crippen molar-refractivity contribution in [1.82, 2.24) is 0 Å². The van der Waals surface area contributed by atoms with E-state index in [0.717, 1.165) is 46.2 Å². The number of amides is 2. The number of primary amides is 1. The quantitative estimate of drug-likeness (QED) is 0.582. The lowest BCUT2D eigenvalue weighted by Crippen LogP contribution is -2.18. The molecule has 1 aromatic carbocycles. The van der Waals surface area contributed by atoms with E-state index in [-0.39, 0.29) is 5.91 Å². The van der Waals surface area contributed by atoms with Crippen LogP contribution in [0.1, 0.15) is 43.3 Å². The Balaban J connectivity index is 1.72. The zero-order valence-electron chi connectivity index (χ0n) is 13.5. The number of carbonyl (C=O) groups is 2. The number of nitrogens with two attached hydrogens (primary N) is 1. The second kappa shape index (κ2) is 6.85. The van der Waals surface area contributed by atoms with E-state index < -0.39 is 5.91 Å². The van der Waals surface area contributed by atoms with Crippen LogP contribution in [-0.2, 0) is 12.8 Å². The number of rotatable bonds is 3. The number of thiophene rings is 2. The minimum Gasteiger partial charge on any atom is -0.365 e. The van der Waals surface area contributed by atoms with Gasteiger partial charge in [0.2, 0.25) is 0 Å². The molecule has 0 saturated carbocycles. The molecule has 0 spiro atoms. The van der Waals surface area contributed by atoms with Crippen molar-refractivity contribution < 1.29 is 9.59 Å². The van der Waals surface area contributed by atoms with Crippen LogP contribution in [0, 0.1) is 0 Å². The summed E-state index contributed by atoms with van der Waals surface area (Å²) in [6.45, 7) is 0. The van der Waals surface area contributed by atoms with Gasteiger partial charge in [-0.3, -0.25) is 9.59 Å². The molecule has 1 aliphatic carbocycles. The fraction of sp³-hybridized carbons (Fsp3) is 0.222. The highest BCUT2D eigenvalue weighted by molar-refractivity contribution is 7.22. The Morgan fingerprint density at radius 3 is 2.65 bits per heavy atom. The molecule has 2 aromatic heterocycles. The first-order valence-electron chi connectivity index (χ1n) is 8.09. The molecule has 8 heteroatoms. The SMILES string of the molecule is NC(=O)c1c(NC(=O)c2sc3cc(Cl)ccc3c2Cl)sc2c1CCCC2. The third kappa shape index (κ3) is 3.01. The van der Waals surface area contributed by atoms with E-state index in [0.29, 0.717) is 25.5 Å². The van der Waals surface area contributed by atoms with Crippen molar-refractivity contribution in [3.05, 3.63) is 49.1 Å². The van der Waals surface area contributed by atoms with Gasteiger partial charge in [0.05, 0.1) is 10.6 Å². The molecule has 4 rings (SSSR count). The molecule has 3 N–H and O–H groups in total. The van der Waals surface area contributed by atoms with Gasteiger partial charge in [-0.25, -0.2) is 0 Å². The Labute approximate surface area is 167 Å². The summed E-state index contributed by atoms with van der Waals surface area (Å²) in [6, 6.07) is 5.32. The maximum Gasteiger partial charge on any atom is 0.267 e. The van der Waals surface area contributed by atoms with Crippen LogP contribution in [0.4, 0.5) is 5.00 Å². The molecule has 1 aliphatic rings. The van der Waals surface area contributed by atoms with Gasteiger partial charge in [0.25, 0.3) is 11.8 Å². The van der Waals surface area contributed by atoms with Gasteiger partial charge in [0.15, 0.2) is 0 Å². The lowest BCUT2D eigenvalue weighted by Gasteiger charge is -2.11. The largest absolute Gasteiger partial charge is 0.365 e. The van der Waals surface area contributed by atoms with Gasteiger partial charge in [-0.1, -0.05) is 29.3 Å². The zero-order valence-corrected chi connectivity index (χ0v) is 16.7. The van der Waals surface area contributed by atoms with Gasteiger partial charge in [-0.15, -0.1) is 22.7 Å². The number of nitrogens with one attached hydrogen (secondary N) is 1. The van der Waals surface area contributed by atoms with E-state index in [4.69, 9.17) is 28.9 Å². The summed E-state index contributed by atoms with van der Waals surface area (Å²) in [4.78, 5) is 26.3. The van der Waals surface area contributed by atoms with Crippen LogP contribution in [0.3, 0.4) is 0 Å². The second-order valence-corrected chi connectivity index (χ2v) is 9.09. The third-order valence-electron chi connectivity index (χ3n) is 4.44. The minimum absolute atomic E-state index is 0.339. The summed E-state index contributed by atoms with van der Waals surface area (Å²) < 4.78 is 0.841. The first-order valence-corrected chi connectivity index (χ1v) is 10.5. The number of benzene rings is 1. The fourth-order valence-corrected chi connectivity index (χ4v) is 6.24. The summed E-state index contributed by atoms with van der Waals surface area (Å²) in [5.41, 5.74) is 7.01. The van der Waals surface area contributed by atoms with Crippen LogP contribution >= 0.6 is 45.9 Å². The molecule has 0 atom stereocenters. The van der Waals surface area contributed by atoms with Crippen molar-refractivity contribution in [2.45, 2.75) is 25.7 Å². The van der Waals surface area contributed by atoms with Crippen LogP contribution in [0.15, 0.2) is 18.2 Å². The molecule has 26 heavy (non-hydrogen) atoms. The van der Waals surface area contributed by atoms with Crippen molar-refractivity contribution >= 4 is 72.8 Å². The van der Waals surface area contributed by atoms with Gasteiger partial charge in [-0.05, 0) is 43.4 Å². The van der Waals surface area contributed by atoms with E-state index in [1.54, 1.807) is 18.2 Å². The number of anilines is 1. The summed E-state index contributed by atoms with van der Waals surface area (Å²) in [7, 11) is 0. The molecule has 134 valence electrons. The van der Waals surface area contributed by atoms with Crippen LogP contribution in [-0.4, -0.2) is 11.8 Å². The molecule has 0 aliphatic heterocycles. The van der Waals surface area contributed by atoms with Crippen molar-refractivity contribution in [2.24, 2.45) is 5.73 Å². The third-order valence-corrected chi connectivity index (χ3v) is 7.54. The van der Waals surface area contributed by atoms with E-state index >= 15 is 0 Å². The molecular weight excluding hydrogens is 411 g/mol. The molecular formula is C18H14Cl2N2O2S2. The maximum atomic E-state index is 12.8. The molecule has 3 aromatic rings. The van der Waals surface area contributed by atoms with E-state index in [2.05, 4.69) is 5.32 Å². The van der Waals surface area contributed by atoms with E-state index in [1.807, 2.05) is 0 Å². The number of hydrogen-bond acceptors (Lipinski definition) is 4. The highest BCUT2D eigenvalue weighted by Crippen LogP contribution is 2.40. The van der Waals surface area contributed by atoms with Crippen molar-refractivity contribution in [1.29, 1.82) is 0 Å². The molecule has 0 saturated heterocycles. The van der Waals surface area contributed by atoms with Crippen LogP contribution in [0.25, 0.3) is 10.1 Å². The standard InChI is InChI=1S/C18H14Cl2N2O2S2/c19-8-5-6-10-12(7-8)25-15(14(10)20)17(24)22-18-13(16(21)23)9-3-1-2-4-11(9)26-18/h5-7H,1-4H2,(H2,21,23)(H,22,24). The average molecular weight is 425 g/mol. The Bertz CT molecular complexity index is 1060. The van der Waals surface area contributed by atoms with Crippen LogP contribution < -0.4 is 11.1 Å². The molecule has 0 unspecified atom stereocenters. The molecule has 0 radical (unpaired) electrons. The monoisotopic (exact) mass is 424 g/mol. The number of hydrogen-bond donors (Lipinski definition) is 2. The molecule has 4 nitrogen and oxygen atoms in total. The van der Waals surface area contributed by atoms with E-state index in [9.17, 15) is 9.59 Å². The van der Waals surface area contributed by atoms with Gasteiger partial charge in [0.1, 0.15) is 9.88 Å². The predicted octanol–water partition coefficient (Wildman–Crippen LogP) is 5.50. The maximum absolute atomic E-state index is 12.8. The van der Waals surface area contributed by atoms with Gasteiger partial charge >= 0.3 is 0 Å². The van der Waals surface area contributed by atoms with Crippen molar-refractivity contribution in [3.63, 3.8) is 0 Å². The second-order valence-electron chi connectivity index (χ2n) is 6.12. The lowest BCUT2D eigenvalue weighted by molar-refractivity contribution is 0.100. The van der Waals surface area contributed by atoms with Gasteiger partial charge in [0, 0.05) is 20.0 Å². The Morgan fingerprint density at radius 1 is 1.12 bits per heavy atom. The number of fused-ring (bicyclic) bond motifs is 2. The first kappa shape index (κ1) is 17.8. The first-order chi connectivity index (χ1) is 12.5. The molecule has 2 heterocycles. The Morgan fingerprint density at radius 2 is 1.88 bits per heavy atom. The Kier molecular flexibility index (Phi) is 4.69. The highest BCUT2D eigenvalue weighted by atomic mass is 35.5. The number of halogens is 2. The smallest absolute Gasteiger partial charge is 0.267 e. The average Bonchev–Trinajstić information content (AvgIpc) is 3.12. The lowest BCUT2D eigenvalue weighted by atomic mass is 9.95. The summed E-state index contributed by atoms with van der Waals surface area (Å²) in [5, 5.41) is 5.13. The Hall–Kier alpha value is -1.60. The normalized spacial score (nSPS) is 13.6. The summed E-state index contributed by atoms with van der Waals surface area (Å²) in [5.74, 6) is -0.845.